The van der Waals surface area contributed by atoms with Crippen LogP contribution in [0, 0.1) is 11.3 Å². The van der Waals surface area contributed by atoms with Gasteiger partial charge >= 0.3 is 5.97 Å². The Kier molecular flexibility index (Phi) is 7.24. The van der Waals surface area contributed by atoms with Crippen LogP contribution in [0.15, 0.2) is 0 Å². The molecular formula is C14H26N2O4. The molecule has 0 atom stereocenters. The van der Waals surface area contributed by atoms with Gasteiger partial charge in [0.25, 0.3) is 0 Å². The fraction of sp³-hybridized carbons (Fsp3) is 0.786. The summed E-state index contributed by atoms with van der Waals surface area (Å²) in [4.78, 5) is 35.6. The highest BCUT2D eigenvalue weighted by Crippen LogP contribution is 2.17. The summed E-state index contributed by atoms with van der Waals surface area (Å²) < 4.78 is 0. The van der Waals surface area contributed by atoms with E-state index in [4.69, 9.17) is 5.11 Å². The molecule has 20 heavy (non-hydrogen) atoms. The molecule has 0 unspecified atom stereocenters. The summed E-state index contributed by atoms with van der Waals surface area (Å²) in [6.07, 6.45) is 0.323. The molecule has 116 valence electrons. The highest BCUT2D eigenvalue weighted by Gasteiger charge is 2.20. The van der Waals surface area contributed by atoms with Gasteiger partial charge in [-0.3, -0.25) is 14.4 Å². The van der Waals surface area contributed by atoms with E-state index in [1.165, 1.54) is 4.90 Å². The summed E-state index contributed by atoms with van der Waals surface area (Å²) in [5.41, 5.74) is -0.147. The van der Waals surface area contributed by atoms with Crippen LogP contribution in [0.2, 0.25) is 0 Å². The lowest BCUT2D eigenvalue weighted by molar-refractivity contribution is -0.144. The molecule has 2 amide bonds. The molecule has 0 aliphatic rings. The van der Waals surface area contributed by atoms with Crippen LogP contribution in [-0.2, 0) is 14.4 Å². The third-order valence-electron chi connectivity index (χ3n) is 2.39. The first-order chi connectivity index (χ1) is 9.01. The van der Waals surface area contributed by atoms with Crippen molar-refractivity contribution in [3.05, 3.63) is 0 Å². The van der Waals surface area contributed by atoms with Gasteiger partial charge in [-0.1, -0.05) is 34.6 Å². The van der Waals surface area contributed by atoms with E-state index >= 15 is 0 Å². The number of nitrogens with one attached hydrogen (secondary N) is 1. The summed E-state index contributed by atoms with van der Waals surface area (Å²) in [6, 6.07) is 0. The number of amides is 2. The van der Waals surface area contributed by atoms with E-state index in [2.05, 4.69) is 5.32 Å². The Bertz CT molecular complexity index is 359. The van der Waals surface area contributed by atoms with Crippen LogP contribution in [-0.4, -0.2) is 47.4 Å². The molecule has 6 nitrogen and oxygen atoms in total. The van der Waals surface area contributed by atoms with Crippen molar-refractivity contribution >= 4 is 17.8 Å². The van der Waals surface area contributed by atoms with Gasteiger partial charge in [0.1, 0.15) is 6.54 Å². The fourth-order valence-corrected chi connectivity index (χ4v) is 1.69. The first-order valence-electron chi connectivity index (χ1n) is 6.77. The standard InChI is InChI=1S/C14H26N2O4/c1-10(2)8-16(9-13(19)20)12(18)7-15-11(17)6-14(3,4)5/h10H,6-9H2,1-5H3,(H,15,17)(H,19,20). The Hall–Kier alpha value is -1.59. The van der Waals surface area contributed by atoms with Gasteiger partial charge < -0.3 is 15.3 Å². The molecule has 0 spiro atoms. The first-order valence-corrected chi connectivity index (χ1v) is 6.77. The number of carbonyl (C=O) groups excluding carboxylic acids is 2. The van der Waals surface area contributed by atoms with E-state index in [9.17, 15) is 14.4 Å². The molecule has 0 bridgehead atoms. The van der Waals surface area contributed by atoms with Crippen LogP contribution in [0.5, 0.6) is 0 Å². The Morgan fingerprint density at radius 3 is 2.15 bits per heavy atom. The summed E-state index contributed by atoms with van der Waals surface area (Å²) in [5, 5.41) is 11.3. The molecule has 0 aromatic heterocycles. The summed E-state index contributed by atoms with van der Waals surface area (Å²) >= 11 is 0. The van der Waals surface area contributed by atoms with Crippen molar-refractivity contribution in [1.29, 1.82) is 0 Å². The normalized spacial score (nSPS) is 11.3. The molecular weight excluding hydrogens is 260 g/mol. The highest BCUT2D eigenvalue weighted by atomic mass is 16.4. The number of hydrogen-bond acceptors (Lipinski definition) is 3. The number of rotatable bonds is 7. The largest absolute Gasteiger partial charge is 0.480 e. The van der Waals surface area contributed by atoms with Crippen molar-refractivity contribution in [2.45, 2.75) is 41.0 Å². The van der Waals surface area contributed by atoms with E-state index in [0.29, 0.717) is 13.0 Å². The van der Waals surface area contributed by atoms with Gasteiger partial charge in [-0.05, 0) is 11.3 Å². The topological polar surface area (TPSA) is 86.7 Å². The number of hydrogen-bond donors (Lipinski definition) is 2. The Morgan fingerprint density at radius 1 is 1.20 bits per heavy atom. The van der Waals surface area contributed by atoms with Crippen LogP contribution in [0.25, 0.3) is 0 Å². The molecule has 0 aliphatic heterocycles. The molecule has 0 aliphatic carbocycles. The van der Waals surface area contributed by atoms with E-state index in [1.54, 1.807) is 0 Å². The smallest absolute Gasteiger partial charge is 0.323 e. The van der Waals surface area contributed by atoms with Crippen molar-refractivity contribution in [3.8, 4) is 0 Å². The lowest BCUT2D eigenvalue weighted by Gasteiger charge is -2.23. The molecule has 0 heterocycles. The third-order valence-corrected chi connectivity index (χ3v) is 2.39. The maximum absolute atomic E-state index is 11.9. The zero-order valence-electron chi connectivity index (χ0n) is 13.0. The summed E-state index contributed by atoms with van der Waals surface area (Å²) in [7, 11) is 0. The Labute approximate surface area is 120 Å². The van der Waals surface area contributed by atoms with Crippen molar-refractivity contribution in [2.75, 3.05) is 19.6 Å². The second-order valence-corrected chi connectivity index (χ2v) is 6.58. The molecule has 2 N–H and O–H groups in total. The van der Waals surface area contributed by atoms with Crippen LogP contribution in [0.4, 0.5) is 0 Å². The minimum absolute atomic E-state index is 0.147. The molecule has 0 saturated heterocycles. The van der Waals surface area contributed by atoms with Gasteiger partial charge in [-0.25, -0.2) is 0 Å². The maximum atomic E-state index is 11.9. The zero-order chi connectivity index (χ0) is 15.9. The lowest BCUT2D eigenvalue weighted by Crippen LogP contribution is -2.44. The second kappa shape index (κ2) is 7.87. The van der Waals surface area contributed by atoms with E-state index in [-0.39, 0.29) is 36.2 Å². The van der Waals surface area contributed by atoms with Crippen molar-refractivity contribution in [2.24, 2.45) is 11.3 Å². The minimum atomic E-state index is -1.06. The highest BCUT2D eigenvalue weighted by molar-refractivity contribution is 5.86. The monoisotopic (exact) mass is 286 g/mol. The third kappa shape index (κ3) is 9.35. The molecule has 0 aromatic carbocycles. The predicted molar refractivity (Wildman–Crippen MR) is 76.1 cm³/mol. The van der Waals surface area contributed by atoms with Crippen molar-refractivity contribution < 1.29 is 19.5 Å². The van der Waals surface area contributed by atoms with Crippen molar-refractivity contribution in [1.82, 2.24) is 10.2 Å². The van der Waals surface area contributed by atoms with Gasteiger partial charge in [-0.15, -0.1) is 0 Å². The van der Waals surface area contributed by atoms with Crippen LogP contribution in [0.3, 0.4) is 0 Å². The first kappa shape index (κ1) is 18.4. The second-order valence-electron chi connectivity index (χ2n) is 6.58. The summed E-state index contributed by atoms with van der Waals surface area (Å²) in [5.74, 6) is -1.46. The molecule has 0 rings (SSSR count). The minimum Gasteiger partial charge on any atom is -0.480 e. The number of nitrogens with zero attached hydrogens (tertiary/aromatic N) is 1. The van der Waals surface area contributed by atoms with E-state index in [0.717, 1.165) is 0 Å². The van der Waals surface area contributed by atoms with Crippen molar-refractivity contribution in [3.63, 3.8) is 0 Å². The number of carboxylic acids is 1. The predicted octanol–water partition coefficient (Wildman–Crippen LogP) is 1.11. The molecule has 0 fully saturated rings. The van der Waals surface area contributed by atoms with Crippen LogP contribution < -0.4 is 5.32 Å². The number of carboxylic acid groups (broad SMARTS) is 1. The van der Waals surface area contributed by atoms with Gasteiger partial charge in [0, 0.05) is 13.0 Å². The van der Waals surface area contributed by atoms with E-state index in [1.807, 2.05) is 34.6 Å². The van der Waals surface area contributed by atoms with Crippen LogP contribution in [0.1, 0.15) is 41.0 Å². The molecule has 6 heteroatoms. The summed E-state index contributed by atoms with van der Waals surface area (Å²) in [6.45, 7) is 9.47. The van der Waals surface area contributed by atoms with Gasteiger partial charge in [-0.2, -0.15) is 0 Å². The molecule has 0 saturated carbocycles. The van der Waals surface area contributed by atoms with Crippen LogP contribution >= 0.6 is 0 Å². The Balaban J connectivity index is 4.38. The molecule has 0 radical (unpaired) electrons. The molecule has 0 aromatic rings. The lowest BCUT2D eigenvalue weighted by atomic mass is 9.92. The Morgan fingerprint density at radius 2 is 1.75 bits per heavy atom. The fourth-order valence-electron chi connectivity index (χ4n) is 1.69. The SMILES string of the molecule is CC(C)CN(CC(=O)O)C(=O)CNC(=O)CC(C)(C)C. The number of aliphatic carboxylic acids is 1. The average molecular weight is 286 g/mol. The van der Waals surface area contributed by atoms with Gasteiger partial charge in [0.05, 0.1) is 6.54 Å². The zero-order valence-corrected chi connectivity index (χ0v) is 13.0. The quantitative estimate of drug-likeness (QED) is 0.734. The average Bonchev–Trinajstić information content (AvgIpc) is 2.21. The van der Waals surface area contributed by atoms with E-state index < -0.39 is 5.97 Å². The maximum Gasteiger partial charge on any atom is 0.323 e. The number of carbonyl (C=O) groups is 3. The van der Waals surface area contributed by atoms with Gasteiger partial charge in [0.15, 0.2) is 0 Å². The van der Waals surface area contributed by atoms with Gasteiger partial charge in [0.2, 0.25) is 11.8 Å².